The summed E-state index contributed by atoms with van der Waals surface area (Å²) in [6.45, 7) is -0.00273. The Morgan fingerprint density at radius 1 is 1.06 bits per heavy atom. The molecule has 0 bridgehead atoms. The number of hydrogen-bond donors (Lipinski definition) is 3. The highest BCUT2D eigenvalue weighted by Crippen LogP contribution is 2.48. The van der Waals surface area contributed by atoms with Gasteiger partial charge in [0.25, 0.3) is 0 Å². The second-order valence-corrected chi connectivity index (χ2v) is 9.85. The zero-order valence-electron chi connectivity index (χ0n) is 19.0. The average molecular weight is 455 g/mol. The number of rotatable bonds is 6. The third-order valence-corrected chi connectivity index (χ3v) is 7.88. The number of nitrogens with one attached hydrogen (secondary N) is 1. The fraction of sp³-hybridized carbons (Fsp3) is 0.615. The maximum absolute atomic E-state index is 13.6. The first kappa shape index (κ1) is 22.4. The molecular formula is C26H34N2O5. The molecule has 4 atom stereocenters. The van der Waals surface area contributed by atoms with Gasteiger partial charge in [-0.1, -0.05) is 43.9 Å². The Bertz CT molecular complexity index is 921. The van der Waals surface area contributed by atoms with Gasteiger partial charge in [-0.2, -0.15) is 0 Å². The number of hydrogen-bond acceptors (Lipinski definition) is 5. The van der Waals surface area contributed by atoms with Crippen molar-refractivity contribution < 1.29 is 24.5 Å². The zero-order chi connectivity index (χ0) is 22.9. The predicted octanol–water partition coefficient (Wildman–Crippen LogP) is 2.27. The van der Waals surface area contributed by atoms with E-state index in [1.165, 1.54) is 6.42 Å². The quantitative estimate of drug-likeness (QED) is 0.613. The fourth-order valence-electron chi connectivity index (χ4n) is 5.96. The third kappa shape index (κ3) is 4.06. The first-order chi connectivity index (χ1) is 16.1. The molecule has 1 aromatic carbocycles. The molecule has 7 heteroatoms. The number of para-hydroxylation sites is 1. The zero-order valence-corrected chi connectivity index (χ0v) is 19.0. The Balaban J connectivity index is 1.54. The molecule has 5 rings (SSSR count). The van der Waals surface area contributed by atoms with E-state index in [1.807, 2.05) is 35.2 Å². The van der Waals surface area contributed by atoms with E-state index in [-0.39, 0.29) is 36.9 Å². The van der Waals surface area contributed by atoms with Crippen LogP contribution in [0.15, 0.2) is 35.9 Å². The Hall–Kier alpha value is -2.38. The summed E-state index contributed by atoms with van der Waals surface area (Å²) in [7, 11) is 0. The maximum atomic E-state index is 13.6. The molecule has 0 unspecified atom stereocenters. The van der Waals surface area contributed by atoms with Crippen molar-refractivity contribution in [3.8, 4) is 5.75 Å². The minimum atomic E-state index is -0.928. The monoisotopic (exact) mass is 454 g/mol. The van der Waals surface area contributed by atoms with Crippen LogP contribution in [0.1, 0.15) is 62.8 Å². The molecule has 178 valence electrons. The standard InChI is InChI=1S/C26H34N2O5/c29-14-13-27-25(31)19-15-20(23(30)24-22(19)18-11-4-5-12-21(18)33-24)28(17-9-2-1-3-10-17)26(32)16-7-6-8-16/h4-5,11-12,15-17,20,22-24,29-30H,1-3,6-10,13-14H2,(H,27,31)/t20-,22+,23+,24+/m1/s1. The Kier molecular flexibility index (Phi) is 6.43. The van der Waals surface area contributed by atoms with Crippen LogP contribution < -0.4 is 10.1 Å². The van der Waals surface area contributed by atoms with Crippen LogP contribution in [0.4, 0.5) is 0 Å². The largest absolute Gasteiger partial charge is 0.486 e. The number of amides is 2. The van der Waals surface area contributed by atoms with Crippen LogP contribution >= 0.6 is 0 Å². The highest BCUT2D eigenvalue weighted by molar-refractivity contribution is 5.96. The van der Waals surface area contributed by atoms with Gasteiger partial charge in [0.1, 0.15) is 18.0 Å². The molecule has 0 aromatic heterocycles. The molecule has 0 spiro atoms. The van der Waals surface area contributed by atoms with Crippen LogP contribution in [-0.2, 0) is 9.59 Å². The minimum Gasteiger partial charge on any atom is -0.486 e. The lowest BCUT2D eigenvalue weighted by atomic mass is 9.76. The molecule has 0 saturated heterocycles. The molecule has 33 heavy (non-hydrogen) atoms. The van der Waals surface area contributed by atoms with E-state index in [0.29, 0.717) is 11.3 Å². The molecular weight excluding hydrogens is 420 g/mol. The van der Waals surface area contributed by atoms with Crippen LogP contribution in [0.2, 0.25) is 0 Å². The van der Waals surface area contributed by atoms with Crippen molar-refractivity contribution in [3.63, 3.8) is 0 Å². The molecule has 3 aliphatic carbocycles. The van der Waals surface area contributed by atoms with Gasteiger partial charge >= 0.3 is 0 Å². The maximum Gasteiger partial charge on any atom is 0.247 e. The number of carbonyl (C=O) groups excluding carboxylic acids is 2. The number of ether oxygens (including phenoxy) is 1. The molecule has 4 aliphatic rings. The summed E-state index contributed by atoms with van der Waals surface area (Å²) >= 11 is 0. The van der Waals surface area contributed by atoms with E-state index in [0.717, 1.165) is 50.5 Å². The van der Waals surface area contributed by atoms with Crippen molar-refractivity contribution >= 4 is 11.8 Å². The lowest BCUT2D eigenvalue weighted by molar-refractivity contribution is -0.148. The molecule has 1 aliphatic heterocycles. The van der Waals surface area contributed by atoms with Gasteiger partial charge in [-0.05, 0) is 37.8 Å². The van der Waals surface area contributed by atoms with Gasteiger partial charge in [-0.25, -0.2) is 0 Å². The van der Waals surface area contributed by atoms with Gasteiger partial charge < -0.3 is 25.2 Å². The van der Waals surface area contributed by atoms with Gasteiger partial charge in [0, 0.05) is 29.6 Å². The Morgan fingerprint density at radius 3 is 2.52 bits per heavy atom. The summed E-state index contributed by atoms with van der Waals surface area (Å²) in [5.74, 6) is 0.104. The van der Waals surface area contributed by atoms with Crippen molar-refractivity contribution in [2.24, 2.45) is 5.92 Å². The summed E-state index contributed by atoms with van der Waals surface area (Å²) in [6, 6.07) is 7.04. The summed E-state index contributed by atoms with van der Waals surface area (Å²) in [5, 5.41) is 23.6. The van der Waals surface area contributed by atoms with E-state index < -0.39 is 24.2 Å². The SMILES string of the molecule is O=C(NCCO)C1=C[C@@H](N(C(=O)C2CCC2)C2CCCCC2)[C@H](O)[C@H]2Oc3ccccc3[C@@H]12. The lowest BCUT2D eigenvalue weighted by Gasteiger charge is -2.47. The highest BCUT2D eigenvalue weighted by atomic mass is 16.5. The predicted molar refractivity (Wildman–Crippen MR) is 123 cm³/mol. The normalized spacial score (nSPS) is 29.2. The lowest BCUT2D eigenvalue weighted by Crippen LogP contribution is -2.60. The molecule has 3 N–H and O–H groups in total. The van der Waals surface area contributed by atoms with Crippen LogP contribution in [0.3, 0.4) is 0 Å². The van der Waals surface area contributed by atoms with Gasteiger partial charge in [-0.15, -0.1) is 0 Å². The Labute approximate surface area is 194 Å². The fourth-order valence-corrected chi connectivity index (χ4v) is 5.96. The van der Waals surface area contributed by atoms with Crippen molar-refractivity contribution in [3.05, 3.63) is 41.5 Å². The van der Waals surface area contributed by atoms with Crippen LogP contribution in [0.5, 0.6) is 5.75 Å². The van der Waals surface area contributed by atoms with Gasteiger partial charge in [0.2, 0.25) is 11.8 Å². The van der Waals surface area contributed by atoms with E-state index in [4.69, 9.17) is 4.74 Å². The minimum absolute atomic E-state index is 0.0126. The third-order valence-electron chi connectivity index (χ3n) is 7.88. The highest BCUT2D eigenvalue weighted by Gasteiger charge is 2.52. The van der Waals surface area contributed by atoms with Crippen molar-refractivity contribution in [2.75, 3.05) is 13.2 Å². The number of fused-ring (bicyclic) bond motifs is 3. The molecule has 2 fully saturated rings. The van der Waals surface area contributed by atoms with Crippen LogP contribution in [-0.4, -0.2) is 64.4 Å². The number of benzene rings is 1. The van der Waals surface area contributed by atoms with Gasteiger partial charge in [0.15, 0.2) is 0 Å². The molecule has 2 amide bonds. The van der Waals surface area contributed by atoms with Gasteiger partial charge in [0.05, 0.1) is 18.6 Å². The second-order valence-electron chi connectivity index (χ2n) is 9.85. The molecule has 7 nitrogen and oxygen atoms in total. The molecule has 2 saturated carbocycles. The second kappa shape index (κ2) is 9.47. The van der Waals surface area contributed by atoms with Crippen LogP contribution in [0, 0.1) is 5.92 Å². The average Bonchev–Trinajstić information content (AvgIpc) is 3.19. The van der Waals surface area contributed by atoms with Gasteiger partial charge in [-0.3, -0.25) is 9.59 Å². The molecule has 1 aromatic rings. The first-order valence-electron chi connectivity index (χ1n) is 12.5. The summed E-state index contributed by atoms with van der Waals surface area (Å²) in [6.07, 6.45) is 8.28. The van der Waals surface area contributed by atoms with Crippen LogP contribution in [0.25, 0.3) is 0 Å². The van der Waals surface area contributed by atoms with E-state index in [2.05, 4.69) is 5.32 Å². The molecule has 1 heterocycles. The summed E-state index contributed by atoms with van der Waals surface area (Å²) < 4.78 is 6.20. The molecule has 0 radical (unpaired) electrons. The number of nitrogens with zero attached hydrogens (tertiary/aromatic N) is 1. The summed E-state index contributed by atoms with van der Waals surface area (Å²) in [5.41, 5.74) is 1.39. The van der Waals surface area contributed by atoms with E-state index in [1.54, 1.807) is 0 Å². The number of aliphatic hydroxyl groups excluding tert-OH is 2. The summed E-state index contributed by atoms with van der Waals surface area (Å²) in [4.78, 5) is 28.8. The van der Waals surface area contributed by atoms with E-state index >= 15 is 0 Å². The van der Waals surface area contributed by atoms with Crippen molar-refractivity contribution in [2.45, 2.75) is 81.6 Å². The number of carbonyl (C=O) groups is 2. The van der Waals surface area contributed by atoms with Crippen molar-refractivity contribution in [1.29, 1.82) is 0 Å². The Morgan fingerprint density at radius 2 is 1.82 bits per heavy atom. The smallest absolute Gasteiger partial charge is 0.247 e. The first-order valence-corrected chi connectivity index (χ1v) is 12.5. The van der Waals surface area contributed by atoms with Crippen molar-refractivity contribution in [1.82, 2.24) is 10.2 Å². The topological polar surface area (TPSA) is 99.1 Å². The van der Waals surface area contributed by atoms with E-state index in [9.17, 15) is 19.8 Å². The number of aliphatic hydroxyl groups is 2.